The standard InChI is InChI=1S/C12H17ClO2/c1-2-15-8-4-7-12(14)10-5-3-6-11(13)9-10/h3,5-6,9,12,14H,2,4,7-8H2,1H3. The molecule has 2 nitrogen and oxygen atoms in total. The van der Waals surface area contributed by atoms with E-state index in [1.54, 1.807) is 12.1 Å². The van der Waals surface area contributed by atoms with Crippen LogP contribution in [0.5, 0.6) is 0 Å². The highest BCUT2D eigenvalue weighted by Crippen LogP contribution is 2.21. The van der Waals surface area contributed by atoms with Crippen molar-refractivity contribution in [2.24, 2.45) is 0 Å². The Morgan fingerprint density at radius 2 is 2.27 bits per heavy atom. The van der Waals surface area contributed by atoms with Crippen molar-refractivity contribution < 1.29 is 9.84 Å². The second kappa shape index (κ2) is 6.83. The molecule has 0 aliphatic heterocycles. The number of halogens is 1. The minimum atomic E-state index is -0.441. The van der Waals surface area contributed by atoms with E-state index in [1.165, 1.54) is 0 Å². The van der Waals surface area contributed by atoms with Crippen molar-refractivity contribution in [3.8, 4) is 0 Å². The molecule has 0 bridgehead atoms. The first-order valence-electron chi connectivity index (χ1n) is 5.25. The molecule has 0 aromatic heterocycles. The van der Waals surface area contributed by atoms with Crippen LogP contribution >= 0.6 is 11.6 Å². The van der Waals surface area contributed by atoms with Gasteiger partial charge in [0.1, 0.15) is 0 Å². The Balaban J connectivity index is 2.36. The fourth-order valence-corrected chi connectivity index (χ4v) is 1.60. The minimum Gasteiger partial charge on any atom is -0.388 e. The largest absolute Gasteiger partial charge is 0.388 e. The van der Waals surface area contributed by atoms with E-state index >= 15 is 0 Å². The van der Waals surface area contributed by atoms with Crippen LogP contribution in [-0.4, -0.2) is 18.3 Å². The number of benzene rings is 1. The van der Waals surface area contributed by atoms with Crippen LogP contribution in [0.2, 0.25) is 5.02 Å². The molecule has 0 fully saturated rings. The third kappa shape index (κ3) is 4.65. The van der Waals surface area contributed by atoms with Crippen LogP contribution in [0.25, 0.3) is 0 Å². The molecule has 0 heterocycles. The number of hydrogen-bond donors (Lipinski definition) is 1. The van der Waals surface area contributed by atoms with Crippen molar-refractivity contribution in [1.29, 1.82) is 0 Å². The topological polar surface area (TPSA) is 29.5 Å². The predicted molar refractivity (Wildman–Crippen MR) is 62.1 cm³/mol. The Kier molecular flexibility index (Phi) is 5.69. The quantitative estimate of drug-likeness (QED) is 0.758. The van der Waals surface area contributed by atoms with Crippen LogP contribution in [0.3, 0.4) is 0 Å². The zero-order valence-corrected chi connectivity index (χ0v) is 9.70. The molecule has 1 aromatic rings. The summed E-state index contributed by atoms with van der Waals surface area (Å²) in [5.41, 5.74) is 0.874. The van der Waals surface area contributed by atoms with Crippen LogP contribution in [0.1, 0.15) is 31.4 Å². The lowest BCUT2D eigenvalue weighted by Crippen LogP contribution is -2.00. The molecule has 84 valence electrons. The summed E-state index contributed by atoms with van der Waals surface area (Å²) in [5, 5.41) is 10.5. The highest BCUT2D eigenvalue weighted by Gasteiger charge is 2.06. The van der Waals surface area contributed by atoms with E-state index < -0.39 is 6.10 Å². The van der Waals surface area contributed by atoms with Crippen LogP contribution in [0, 0.1) is 0 Å². The fraction of sp³-hybridized carbons (Fsp3) is 0.500. The molecule has 1 atom stereocenters. The molecule has 1 aromatic carbocycles. The zero-order chi connectivity index (χ0) is 11.1. The minimum absolute atomic E-state index is 0.441. The van der Waals surface area contributed by atoms with Gasteiger partial charge in [0.2, 0.25) is 0 Å². The van der Waals surface area contributed by atoms with E-state index in [-0.39, 0.29) is 0 Å². The molecule has 0 saturated carbocycles. The number of aliphatic hydroxyl groups is 1. The molecule has 3 heteroatoms. The van der Waals surface area contributed by atoms with Gasteiger partial charge in [0.15, 0.2) is 0 Å². The zero-order valence-electron chi connectivity index (χ0n) is 8.95. The molecular weight excluding hydrogens is 212 g/mol. The van der Waals surface area contributed by atoms with E-state index in [0.29, 0.717) is 18.1 Å². The highest BCUT2D eigenvalue weighted by atomic mass is 35.5. The van der Waals surface area contributed by atoms with E-state index in [4.69, 9.17) is 16.3 Å². The summed E-state index contributed by atoms with van der Waals surface area (Å²) in [4.78, 5) is 0. The molecular formula is C12H17ClO2. The Labute approximate surface area is 95.8 Å². The molecule has 1 rings (SSSR count). The van der Waals surface area contributed by atoms with Gasteiger partial charge < -0.3 is 9.84 Å². The highest BCUT2D eigenvalue weighted by molar-refractivity contribution is 6.30. The summed E-state index contributed by atoms with van der Waals surface area (Å²) in [6.07, 6.45) is 1.13. The maximum absolute atomic E-state index is 9.83. The Bertz CT molecular complexity index is 289. The van der Waals surface area contributed by atoms with Crippen molar-refractivity contribution in [3.05, 3.63) is 34.9 Å². The monoisotopic (exact) mass is 228 g/mol. The van der Waals surface area contributed by atoms with Gasteiger partial charge in [-0.15, -0.1) is 0 Å². The second-order valence-corrected chi connectivity index (χ2v) is 3.85. The smallest absolute Gasteiger partial charge is 0.0791 e. The maximum Gasteiger partial charge on any atom is 0.0791 e. The lowest BCUT2D eigenvalue weighted by Gasteiger charge is -2.10. The molecule has 0 amide bonds. The van der Waals surface area contributed by atoms with Crippen molar-refractivity contribution >= 4 is 11.6 Å². The molecule has 0 saturated heterocycles. The number of aliphatic hydroxyl groups excluding tert-OH is 1. The Morgan fingerprint density at radius 3 is 2.93 bits per heavy atom. The van der Waals surface area contributed by atoms with Crippen LogP contribution in [0.15, 0.2) is 24.3 Å². The summed E-state index contributed by atoms with van der Waals surface area (Å²) < 4.78 is 5.21. The Morgan fingerprint density at radius 1 is 1.47 bits per heavy atom. The first kappa shape index (κ1) is 12.5. The van der Waals surface area contributed by atoms with Crippen molar-refractivity contribution in [2.75, 3.05) is 13.2 Å². The Hall–Kier alpha value is -0.570. The van der Waals surface area contributed by atoms with Crippen LogP contribution < -0.4 is 0 Å². The van der Waals surface area contributed by atoms with Gasteiger partial charge in [0.05, 0.1) is 6.10 Å². The van der Waals surface area contributed by atoms with Crippen LogP contribution in [0.4, 0.5) is 0 Å². The van der Waals surface area contributed by atoms with Gasteiger partial charge in [-0.25, -0.2) is 0 Å². The van der Waals surface area contributed by atoms with Crippen molar-refractivity contribution in [2.45, 2.75) is 25.9 Å². The number of rotatable bonds is 6. The molecule has 15 heavy (non-hydrogen) atoms. The summed E-state index contributed by atoms with van der Waals surface area (Å²) in [5.74, 6) is 0. The summed E-state index contributed by atoms with van der Waals surface area (Å²) >= 11 is 5.84. The first-order valence-corrected chi connectivity index (χ1v) is 5.63. The molecule has 1 N–H and O–H groups in total. The van der Waals surface area contributed by atoms with Crippen LogP contribution in [-0.2, 0) is 4.74 Å². The summed E-state index contributed by atoms with van der Waals surface area (Å²) in [6.45, 7) is 3.40. The second-order valence-electron chi connectivity index (χ2n) is 3.41. The molecule has 1 unspecified atom stereocenters. The molecule has 0 aliphatic rings. The SMILES string of the molecule is CCOCCCC(O)c1cccc(Cl)c1. The van der Waals surface area contributed by atoms with E-state index in [1.807, 2.05) is 19.1 Å². The predicted octanol–water partition coefficient (Wildman–Crippen LogP) is 3.19. The fourth-order valence-electron chi connectivity index (χ4n) is 1.40. The van der Waals surface area contributed by atoms with Gasteiger partial charge in [0.25, 0.3) is 0 Å². The molecule has 0 spiro atoms. The van der Waals surface area contributed by atoms with Gasteiger partial charge in [0, 0.05) is 18.2 Å². The number of ether oxygens (including phenoxy) is 1. The normalized spacial score (nSPS) is 12.7. The summed E-state index contributed by atoms with van der Waals surface area (Å²) in [6, 6.07) is 7.34. The first-order chi connectivity index (χ1) is 7.24. The number of hydrogen-bond acceptors (Lipinski definition) is 2. The summed E-state index contributed by atoms with van der Waals surface area (Å²) in [7, 11) is 0. The maximum atomic E-state index is 9.83. The third-order valence-electron chi connectivity index (χ3n) is 2.20. The third-order valence-corrected chi connectivity index (χ3v) is 2.44. The lowest BCUT2D eigenvalue weighted by molar-refractivity contribution is 0.114. The average Bonchev–Trinajstić information content (AvgIpc) is 2.24. The van der Waals surface area contributed by atoms with E-state index in [2.05, 4.69) is 0 Å². The van der Waals surface area contributed by atoms with Gasteiger partial charge in [-0.2, -0.15) is 0 Å². The van der Waals surface area contributed by atoms with Gasteiger partial charge in [-0.3, -0.25) is 0 Å². The van der Waals surface area contributed by atoms with Gasteiger partial charge in [-0.1, -0.05) is 23.7 Å². The van der Waals surface area contributed by atoms with Gasteiger partial charge >= 0.3 is 0 Å². The lowest BCUT2D eigenvalue weighted by atomic mass is 10.1. The average molecular weight is 229 g/mol. The van der Waals surface area contributed by atoms with Crippen molar-refractivity contribution in [3.63, 3.8) is 0 Å². The molecule has 0 radical (unpaired) electrons. The van der Waals surface area contributed by atoms with E-state index in [0.717, 1.165) is 18.6 Å². The van der Waals surface area contributed by atoms with Gasteiger partial charge in [-0.05, 0) is 37.5 Å². The molecule has 0 aliphatic carbocycles. The van der Waals surface area contributed by atoms with Crippen molar-refractivity contribution in [1.82, 2.24) is 0 Å². The van der Waals surface area contributed by atoms with E-state index in [9.17, 15) is 5.11 Å².